The molecule has 3 rings (SSSR count). The minimum atomic E-state index is -3.83. The summed E-state index contributed by atoms with van der Waals surface area (Å²) in [5.41, 5.74) is 2.08. The van der Waals surface area contributed by atoms with E-state index in [-0.39, 0.29) is 23.9 Å². The molecule has 0 aromatic heterocycles. The molecule has 0 radical (unpaired) electrons. The van der Waals surface area contributed by atoms with E-state index >= 15 is 0 Å². The monoisotopic (exact) mass is 539 g/mol. The number of ether oxygens (including phenoxy) is 2. The van der Waals surface area contributed by atoms with E-state index in [0.29, 0.717) is 37.6 Å². The summed E-state index contributed by atoms with van der Waals surface area (Å²) in [5, 5.41) is 0. The molecular formula is C23H30BrN3O5S. The second-order valence-electron chi connectivity index (χ2n) is 8.14. The number of fused-ring (bicyclic) bond motifs is 1. The summed E-state index contributed by atoms with van der Waals surface area (Å²) < 4.78 is 39.5. The van der Waals surface area contributed by atoms with E-state index in [1.807, 2.05) is 31.1 Å². The van der Waals surface area contributed by atoms with Crippen LogP contribution in [-0.4, -0.2) is 82.9 Å². The molecule has 1 amide bonds. The number of likely N-dealkylation sites (N-methyl/N-ethyl adjacent to an activating group) is 1. The van der Waals surface area contributed by atoms with Crippen LogP contribution < -0.4 is 9.47 Å². The van der Waals surface area contributed by atoms with Crippen molar-refractivity contribution < 1.29 is 22.7 Å². The zero-order valence-corrected chi connectivity index (χ0v) is 21.8. The van der Waals surface area contributed by atoms with Gasteiger partial charge in [-0.3, -0.25) is 4.79 Å². The molecular weight excluding hydrogens is 510 g/mol. The molecule has 0 aliphatic carbocycles. The molecule has 0 saturated carbocycles. The Bertz CT molecular complexity index is 1090. The number of hydrogen-bond donors (Lipinski definition) is 0. The zero-order chi connectivity index (χ0) is 24.2. The van der Waals surface area contributed by atoms with Crippen molar-refractivity contribution in [2.24, 2.45) is 0 Å². The van der Waals surface area contributed by atoms with Crippen LogP contribution in [-0.2, 0) is 27.8 Å². The molecule has 0 saturated heterocycles. The summed E-state index contributed by atoms with van der Waals surface area (Å²) in [6.07, 6.45) is 0.665. The molecule has 0 atom stereocenters. The molecule has 33 heavy (non-hydrogen) atoms. The van der Waals surface area contributed by atoms with Crippen LogP contribution in [0.1, 0.15) is 11.1 Å². The van der Waals surface area contributed by atoms with E-state index < -0.39 is 10.0 Å². The van der Waals surface area contributed by atoms with Gasteiger partial charge in [0.1, 0.15) is 0 Å². The largest absolute Gasteiger partial charge is 0.493 e. The van der Waals surface area contributed by atoms with Crippen LogP contribution in [0.5, 0.6) is 11.5 Å². The maximum atomic E-state index is 13.3. The van der Waals surface area contributed by atoms with Gasteiger partial charge in [0.15, 0.2) is 11.5 Å². The van der Waals surface area contributed by atoms with Crippen LogP contribution in [0.25, 0.3) is 0 Å². The first-order valence-corrected chi connectivity index (χ1v) is 12.8. The summed E-state index contributed by atoms with van der Waals surface area (Å²) >= 11 is 3.33. The van der Waals surface area contributed by atoms with Gasteiger partial charge in [0, 0.05) is 30.7 Å². The summed E-state index contributed by atoms with van der Waals surface area (Å²) in [7, 11) is 3.08. The SMILES string of the molecule is COc1cc2c(cc1OC)CN(C(=O)CN(CCN(C)C)S(=O)(=O)c1ccc(Br)cc1)CC2. The highest BCUT2D eigenvalue weighted by Crippen LogP contribution is 2.33. The lowest BCUT2D eigenvalue weighted by Gasteiger charge is -2.32. The van der Waals surface area contributed by atoms with Gasteiger partial charge in [-0.05, 0) is 68.0 Å². The predicted octanol–water partition coefficient (Wildman–Crippen LogP) is 2.60. The van der Waals surface area contributed by atoms with E-state index in [4.69, 9.17) is 9.47 Å². The second kappa shape index (κ2) is 10.9. The maximum absolute atomic E-state index is 13.3. The highest BCUT2D eigenvalue weighted by atomic mass is 79.9. The van der Waals surface area contributed by atoms with Crippen molar-refractivity contribution in [1.82, 2.24) is 14.1 Å². The number of amides is 1. The third-order valence-corrected chi connectivity index (χ3v) is 8.02. The summed E-state index contributed by atoms with van der Waals surface area (Å²) in [4.78, 5) is 17.0. The number of sulfonamides is 1. The molecule has 1 aliphatic heterocycles. The Balaban J connectivity index is 1.80. The number of carbonyl (C=O) groups is 1. The van der Waals surface area contributed by atoms with E-state index in [0.717, 1.165) is 15.6 Å². The van der Waals surface area contributed by atoms with Gasteiger partial charge in [-0.2, -0.15) is 4.31 Å². The fourth-order valence-electron chi connectivity index (χ4n) is 3.70. The number of rotatable bonds is 9. The van der Waals surface area contributed by atoms with Crippen molar-refractivity contribution in [3.8, 4) is 11.5 Å². The predicted molar refractivity (Wildman–Crippen MR) is 130 cm³/mol. The van der Waals surface area contributed by atoms with Gasteiger partial charge in [-0.1, -0.05) is 15.9 Å². The number of benzene rings is 2. The van der Waals surface area contributed by atoms with Crippen LogP contribution in [0.4, 0.5) is 0 Å². The van der Waals surface area contributed by atoms with Gasteiger partial charge in [0.2, 0.25) is 15.9 Å². The molecule has 1 aliphatic rings. The molecule has 8 nitrogen and oxygen atoms in total. The zero-order valence-electron chi connectivity index (χ0n) is 19.4. The van der Waals surface area contributed by atoms with Gasteiger partial charge in [0.05, 0.1) is 25.7 Å². The van der Waals surface area contributed by atoms with E-state index in [9.17, 15) is 13.2 Å². The Morgan fingerprint density at radius 2 is 1.64 bits per heavy atom. The van der Waals surface area contributed by atoms with E-state index in [1.165, 1.54) is 4.31 Å². The Morgan fingerprint density at radius 3 is 2.21 bits per heavy atom. The first-order valence-electron chi connectivity index (χ1n) is 10.6. The minimum absolute atomic E-state index is 0.165. The molecule has 0 bridgehead atoms. The van der Waals surface area contributed by atoms with Gasteiger partial charge in [-0.15, -0.1) is 0 Å². The lowest BCUT2D eigenvalue weighted by Crippen LogP contribution is -2.46. The summed E-state index contributed by atoms with van der Waals surface area (Å²) in [5.74, 6) is 1.04. The Kier molecular flexibility index (Phi) is 8.38. The van der Waals surface area contributed by atoms with Crippen LogP contribution in [0, 0.1) is 0 Å². The summed E-state index contributed by atoms with van der Waals surface area (Å²) in [6, 6.07) is 10.3. The van der Waals surface area contributed by atoms with E-state index in [2.05, 4.69) is 15.9 Å². The van der Waals surface area contributed by atoms with Crippen LogP contribution in [0.15, 0.2) is 45.8 Å². The highest BCUT2D eigenvalue weighted by Gasteiger charge is 2.30. The maximum Gasteiger partial charge on any atom is 0.243 e. The molecule has 0 N–H and O–H groups in total. The Labute approximate surface area is 204 Å². The Hall–Kier alpha value is -2.14. The van der Waals surface area contributed by atoms with Crippen LogP contribution in [0.3, 0.4) is 0 Å². The third-order valence-electron chi connectivity index (χ3n) is 5.63. The quantitative estimate of drug-likeness (QED) is 0.487. The van der Waals surface area contributed by atoms with Crippen LogP contribution >= 0.6 is 15.9 Å². The molecule has 180 valence electrons. The molecule has 2 aromatic rings. The van der Waals surface area contributed by atoms with Gasteiger partial charge in [0.25, 0.3) is 0 Å². The van der Waals surface area contributed by atoms with Crippen molar-refractivity contribution in [3.63, 3.8) is 0 Å². The van der Waals surface area contributed by atoms with Crippen molar-refractivity contribution >= 4 is 31.9 Å². The number of methoxy groups -OCH3 is 2. The topological polar surface area (TPSA) is 79.4 Å². The first-order chi connectivity index (χ1) is 15.6. The fourth-order valence-corrected chi connectivity index (χ4v) is 5.34. The highest BCUT2D eigenvalue weighted by molar-refractivity contribution is 9.10. The van der Waals surface area contributed by atoms with Crippen molar-refractivity contribution in [3.05, 3.63) is 52.0 Å². The molecule has 0 unspecified atom stereocenters. The van der Waals surface area contributed by atoms with Crippen LogP contribution in [0.2, 0.25) is 0 Å². The first kappa shape index (κ1) is 25.5. The lowest BCUT2D eigenvalue weighted by atomic mass is 9.98. The van der Waals surface area contributed by atoms with Gasteiger partial charge >= 0.3 is 0 Å². The molecule has 1 heterocycles. The fraction of sp³-hybridized carbons (Fsp3) is 0.435. The molecule has 2 aromatic carbocycles. The van der Waals surface area contributed by atoms with Crippen molar-refractivity contribution in [2.75, 3.05) is 54.5 Å². The van der Waals surface area contributed by atoms with Gasteiger partial charge in [-0.25, -0.2) is 8.42 Å². The average Bonchev–Trinajstić information content (AvgIpc) is 2.80. The number of carbonyl (C=O) groups excluding carboxylic acids is 1. The third kappa shape index (κ3) is 6.06. The smallest absolute Gasteiger partial charge is 0.243 e. The molecule has 10 heteroatoms. The van der Waals surface area contributed by atoms with Gasteiger partial charge < -0.3 is 19.3 Å². The Morgan fingerprint density at radius 1 is 1.03 bits per heavy atom. The summed E-state index contributed by atoms with van der Waals surface area (Å²) in [6.45, 7) is 1.42. The minimum Gasteiger partial charge on any atom is -0.493 e. The molecule has 0 spiro atoms. The molecule has 0 fully saturated rings. The standard InChI is InChI=1S/C23H30BrN3O5S/c1-25(2)11-12-27(33(29,30)20-7-5-19(24)6-8-20)16-23(28)26-10-9-17-13-21(31-3)22(32-4)14-18(17)15-26/h5-8,13-14H,9-12,15-16H2,1-4H3. The van der Waals surface area contributed by atoms with Crippen molar-refractivity contribution in [2.45, 2.75) is 17.9 Å². The second-order valence-corrected chi connectivity index (χ2v) is 11.0. The van der Waals surface area contributed by atoms with E-state index in [1.54, 1.807) is 43.4 Å². The number of halogens is 1. The number of hydrogen-bond acceptors (Lipinski definition) is 6. The lowest BCUT2D eigenvalue weighted by molar-refractivity contribution is -0.132. The normalized spacial score (nSPS) is 13.8. The van der Waals surface area contributed by atoms with Crippen molar-refractivity contribution in [1.29, 1.82) is 0 Å². The number of nitrogens with zero attached hydrogens (tertiary/aromatic N) is 3. The average molecular weight is 540 g/mol.